The van der Waals surface area contributed by atoms with Crippen LogP contribution in [0.15, 0.2) is 33.8 Å². The quantitative estimate of drug-likeness (QED) is 0.774. The van der Waals surface area contributed by atoms with Gasteiger partial charge in [0.2, 0.25) is 0 Å². The molecule has 4 heteroatoms. The third kappa shape index (κ3) is 1.58. The fourth-order valence-electron chi connectivity index (χ4n) is 2.36. The topological polar surface area (TPSA) is 38.4 Å². The van der Waals surface area contributed by atoms with Crippen LogP contribution in [-0.4, -0.2) is 10.3 Å². The Kier molecular flexibility index (Phi) is 2.71. The smallest absolute Gasteiger partial charge is 0.169 e. The van der Waals surface area contributed by atoms with E-state index in [1.807, 2.05) is 31.2 Å². The van der Waals surface area contributed by atoms with Crippen molar-refractivity contribution in [2.75, 3.05) is 0 Å². The zero-order chi connectivity index (χ0) is 12.7. The summed E-state index contributed by atoms with van der Waals surface area (Å²) in [6.07, 6.45) is 0.839. The number of fused-ring (bicyclic) bond motifs is 3. The Bertz CT molecular complexity index is 630. The first-order valence-electron chi connectivity index (χ1n) is 6.01. The Morgan fingerprint density at radius 2 is 2.00 bits per heavy atom. The van der Waals surface area contributed by atoms with E-state index in [2.05, 4.69) is 17.1 Å². The Labute approximate surface area is 110 Å². The molecular formula is C14H13ClN2O. The summed E-state index contributed by atoms with van der Waals surface area (Å²) < 4.78 is 5.46. The van der Waals surface area contributed by atoms with Gasteiger partial charge in [-0.05, 0) is 18.9 Å². The normalized spacial score (nSPS) is 17.7. The predicted octanol–water partition coefficient (Wildman–Crippen LogP) is 4.10. The number of hydrogen-bond acceptors (Lipinski definition) is 3. The van der Waals surface area contributed by atoms with E-state index in [4.69, 9.17) is 16.1 Å². The monoisotopic (exact) mass is 260 g/mol. The molecule has 0 fully saturated rings. The van der Waals surface area contributed by atoms with E-state index in [-0.39, 0.29) is 6.04 Å². The molecule has 92 valence electrons. The molecule has 2 aromatic rings. The number of aliphatic imine (C=N–C) groups is 1. The maximum Gasteiger partial charge on any atom is 0.169 e. The Hall–Kier alpha value is -1.61. The summed E-state index contributed by atoms with van der Waals surface area (Å²) in [5.74, 6) is 0.818. The lowest BCUT2D eigenvalue weighted by molar-refractivity contribution is 0.357. The minimum Gasteiger partial charge on any atom is -0.358 e. The number of aromatic nitrogens is 1. The van der Waals surface area contributed by atoms with Crippen molar-refractivity contribution < 1.29 is 4.52 Å². The summed E-state index contributed by atoms with van der Waals surface area (Å²) >= 11 is 6.31. The number of nitrogens with zero attached hydrogens (tertiary/aromatic N) is 2. The fraction of sp³-hybridized carbons (Fsp3) is 0.286. The lowest BCUT2D eigenvalue weighted by atomic mass is 9.97. The molecule has 1 atom stereocenters. The van der Waals surface area contributed by atoms with Crippen LogP contribution in [0, 0.1) is 6.92 Å². The third-order valence-electron chi connectivity index (χ3n) is 3.27. The van der Waals surface area contributed by atoms with Gasteiger partial charge in [-0.15, -0.1) is 0 Å². The van der Waals surface area contributed by atoms with Gasteiger partial charge in [-0.3, -0.25) is 4.99 Å². The maximum absolute atomic E-state index is 6.31. The van der Waals surface area contributed by atoms with Gasteiger partial charge >= 0.3 is 0 Å². The highest BCUT2D eigenvalue weighted by atomic mass is 35.5. The molecule has 0 N–H and O–H groups in total. The summed E-state index contributed by atoms with van der Waals surface area (Å²) in [6.45, 7) is 4.01. The molecule has 0 spiro atoms. The van der Waals surface area contributed by atoms with Gasteiger partial charge < -0.3 is 4.52 Å². The van der Waals surface area contributed by atoms with Gasteiger partial charge in [0.1, 0.15) is 11.2 Å². The number of hydrogen-bond donors (Lipinski definition) is 0. The average molecular weight is 261 g/mol. The zero-order valence-electron chi connectivity index (χ0n) is 10.3. The highest BCUT2D eigenvalue weighted by Gasteiger charge is 2.27. The van der Waals surface area contributed by atoms with Gasteiger partial charge in [-0.1, -0.05) is 47.9 Å². The van der Waals surface area contributed by atoms with Gasteiger partial charge in [0, 0.05) is 5.56 Å². The summed E-state index contributed by atoms with van der Waals surface area (Å²) in [5.41, 5.74) is 3.92. The van der Waals surface area contributed by atoms with E-state index in [0.717, 1.165) is 34.6 Å². The molecule has 3 nitrogen and oxygen atoms in total. The first-order chi connectivity index (χ1) is 8.72. The second-order valence-electron chi connectivity index (χ2n) is 4.40. The Balaban J connectivity index is 2.36. The molecule has 0 aliphatic carbocycles. The lowest BCUT2D eigenvalue weighted by Gasteiger charge is -2.05. The maximum atomic E-state index is 6.31. The molecule has 3 rings (SSSR count). The van der Waals surface area contributed by atoms with Crippen LogP contribution in [0.1, 0.15) is 36.4 Å². The van der Waals surface area contributed by atoms with Crippen molar-refractivity contribution >= 4 is 16.8 Å². The van der Waals surface area contributed by atoms with Crippen LogP contribution in [0.3, 0.4) is 0 Å². The summed E-state index contributed by atoms with van der Waals surface area (Å²) in [5, 5.41) is 4.62. The van der Waals surface area contributed by atoms with Crippen LogP contribution < -0.4 is 0 Å². The van der Waals surface area contributed by atoms with Crippen LogP contribution in [0.5, 0.6) is 0 Å². The first kappa shape index (κ1) is 11.5. The van der Waals surface area contributed by atoms with E-state index in [0.29, 0.717) is 5.17 Å². The molecule has 1 aromatic heterocycles. The SMILES string of the molecule is CC[C@@H]1N=C(Cl)c2ccccc2-c2c(C)noc21. The summed E-state index contributed by atoms with van der Waals surface area (Å²) in [7, 11) is 0. The molecule has 2 heterocycles. The van der Waals surface area contributed by atoms with Crippen molar-refractivity contribution in [2.24, 2.45) is 4.99 Å². The van der Waals surface area contributed by atoms with Crippen molar-refractivity contribution in [1.82, 2.24) is 5.16 Å². The second kappa shape index (κ2) is 4.25. The van der Waals surface area contributed by atoms with Crippen molar-refractivity contribution in [1.29, 1.82) is 0 Å². The van der Waals surface area contributed by atoms with E-state index < -0.39 is 0 Å². The fourth-order valence-corrected chi connectivity index (χ4v) is 2.65. The van der Waals surface area contributed by atoms with Crippen molar-refractivity contribution in [2.45, 2.75) is 26.3 Å². The standard InChI is InChI=1S/C14H13ClN2O/c1-3-11-13-12(8(2)17-18-13)9-6-4-5-7-10(9)14(15)16-11/h4-7,11H,3H2,1-2H3/t11-/m0/s1. The number of halogens is 1. The van der Waals surface area contributed by atoms with Gasteiger partial charge in [0.15, 0.2) is 5.76 Å². The van der Waals surface area contributed by atoms with Gasteiger partial charge in [0.05, 0.1) is 11.3 Å². The molecular weight excluding hydrogens is 248 g/mol. The van der Waals surface area contributed by atoms with Crippen LogP contribution in [0.2, 0.25) is 0 Å². The molecule has 18 heavy (non-hydrogen) atoms. The molecule has 1 aliphatic rings. The molecule has 0 saturated heterocycles. The molecule has 0 unspecified atom stereocenters. The van der Waals surface area contributed by atoms with E-state index >= 15 is 0 Å². The highest BCUT2D eigenvalue weighted by Crippen LogP contribution is 2.39. The Morgan fingerprint density at radius 1 is 1.28 bits per heavy atom. The highest BCUT2D eigenvalue weighted by molar-refractivity contribution is 6.70. The molecule has 0 amide bonds. The zero-order valence-corrected chi connectivity index (χ0v) is 11.0. The number of aryl methyl sites for hydroxylation is 1. The summed E-state index contributed by atoms with van der Waals surface area (Å²) in [4.78, 5) is 4.54. The van der Waals surface area contributed by atoms with Gasteiger partial charge in [-0.2, -0.15) is 0 Å². The van der Waals surface area contributed by atoms with Crippen molar-refractivity contribution in [3.63, 3.8) is 0 Å². The molecule has 1 aliphatic heterocycles. The van der Waals surface area contributed by atoms with Crippen LogP contribution >= 0.6 is 11.6 Å². The molecule has 1 aromatic carbocycles. The molecule has 0 bridgehead atoms. The lowest BCUT2D eigenvalue weighted by Crippen LogP contribution is -1.95. The van der Waals surface area contributed by atoms with Gasteiger partial charge in [0.25, 0.3) is 0 Å². The minimum absolute atomic E-state index is 0.0545. The molecule has 0 saturated carbocycles. The van der Waals surface area contributed by atoms with E-state index in [9.17, 15) is 0 Å². The summed E-state index contributed by atoms with van der Waals surface area (Å²) in [6, 6.07) is 7.92. The van der Waals surface area contributed by atoms with Crippen LogP contribution in [0.4, 0.5) is 0 Å². The van der Waals surface area contributed by atoms with Gasteiger partial charge in [-0.25, -0.2) is 0 Å². The van der Waals surface area contributed by atoms with E-state index in [1.54, 1.807) is 0 Å². The largest absolute Gasteiger partial charge is 0.358 e. The number of rotatable bonds is 1. The molecule has 0 radical (unpaired) electrons. The number of benzene rings is 1. The predicted molar refractivity (Wildman–Crippen MR) is 72.1 cm³/mol. The first-order valence-corrected chi connectivity index (χ1v) is 6.39. The van der Waals surface area contributed by atoms with Crippen LogP contribution in [-0.2, 0) is 0 Å². The third-order valence-corrected chi connectivity index (χ3v) is 3.57. The van der Waals surface area contributed by atoms with Crippen molar-refractivity contribution in [3.05, 3.63) is 41.3 Å². The average Bonchev–Trinajstić information content (AvgIpc) is 2.71. The Morgan fingerprint density at radius 3 is 2.72 bits per heavy atom. The van der Waals surface area contributed by atoms with E-state index in [1.165, 1.54) is 0 Å². The minimum atomic E-state index is -0.0545. The second-order valence-corrected chi connectivity index (χ2v) is 4.75. The van der Waals surface area contributed by atoms with Crippen molar-refractivity contribution in [3.8, 4) is 11.1 Å². The van der Waals surface area contributed by atoms with Crippen LogP contribution in [0.25, 0.3) is 11.1 Å².